The summed E-state index contributed by atoms with van der Waals surface area (Å²) in [6, 6.07) is 21.8. The highest BCUT2D eigenvalue weighted by molar-refractivity contribution is 6.33. The molecule has 20 heteroatoms. The van der Waals surface area contributed by atoms with Gasteiger partial charge < -0.3 is 30.7 Å². The lowest BCUT2D eigenvalue weighted by Gasteiger charge is -2.19. The first-order valence-corrected chi connectivity index (χ1v) is 21.4. The molecular weight excluding hydrogens is 934 g/mol. The molecule has 5 aromatic rings. The van der Waals surface area contributed by atoms with E-state index in [1.165, 1.54) is 62.8 Å². The largest absolute Gasteiger partial charge is 0.491 e. The molecule has 0 saturated carbocycles. The lowest BCUT2D eigenvalue weighted by molar-refractivity contribution is -0.127. The molecule has 0 aliphatic rings. The Morgan fingerprint density at radius 2 is 0.864 bits per heavy atom. The van der Waals surface area contributed by atoms with Crippen LogP contribution in [0, 0.1) is 0 Å². The number of ketones is 2. The molecule has 4 unspecified atom stereocenters. The van der Waals surface area contributed by atoms with Crippen LogP contribution in [0.1, 0.15) is 70.3 Å². The van der Waals surface area contributed by atoms with Gasteiger partial charge in [-0.2, -0.15) is 20.5 Å². The zero-order chi connectivity index (χ0) is 48.2. The van der Waals surface area contributed by atoms with Crippen LogP contribution < -0.4 is 30.7 Å². The van der Waals surface area contributed by atoms with Gasteiger partial charge in [-0.15, -0.1) is 23.2 Å². The second-order valence-corrected chi connectivity index (χ2v) is 16.5. The zero-order valence-corrected chi connectivity index (χ0v) is 39.1. The fourth-order valence-electron chi connectivity index (χ4n) is 5.97. The number of amides is 4. The second kappa shape index (κ2) is 22.9. The first kappa shape index (κ1) is 50.3. The molecule has 0 radical (unpaired) electrons. The molecule has 4 N–H and O–H groups in total. The summed E-state index contributed by atoms with van der Waals surface area (Å²) in [7, 11) is 2.54. The quantitative estimate of drug-likeness (QED) is 0.0375. The van der Waals surface area contributed by atoms with Crippen molar-refractivity contribution in [2.75, 3.05) is 35.5 Å². The number of hydrogen-bond acceptors (Lipinski definition) is 12. The summed E-state index contributed by atoms with van der Waals surface area (Å²) in [5.74, 6) is -4.33. The molecule has 0 aliphatic carbocycles. The molecule has 342 valence electrons. The third-order valence-electron chi connectivity index (χ3n) is 9.54. The Hall–Kier alpha value is -6.72. The summed E-state index contributed by atoms with van der Waals surface area (Å²) < 4.78 is 11.1. The molecule has 5 rings (SSSR count). The summed E-state index contributed by atoms with van der Waals surface area (Å²) >= 11 is 24.9. The maximum Gasteiger partial charge on any atom is 0.258 e. The molecule has 4 atom stereocenters. The van der Waals surface area contributed by atoms with Crippen molar-refractivity contribution < 1.29 is 38.2 Å². The number of nitrogens with one attached hydrogen (secondary N) is 4. The fourth-order valence-corrected chi connectivity index (χ4v) is 6.58. The number of rotatable bonds is 18. The Balaban J connectivity index is 1.29. The molecule has 16 nitrogen and oxygen atoms in total. The van der Waals surface area contributed by atoms with Gasteiger partial charge in [-0.1, -0.05) is 47.5 Å². The number of Topliss-reactive ketones (excluding diaryl/α,β-unsaturated/α-hetero) is 2. The van der Waals surface area contributed by atoms with Crippen molar-refractivity contribution in [1.29, 1.82) is 0 Å². The number of carbonyl (C=O) groups excluding carboxylic acids is 6. The van der Waals surface area contributed by atoms with E-state index < -0.39 is 47.3 Å². The normalized spacial score (nSPS) is 13.0. The van der Waals surface area contributed by atoms with Gasteiger partial charge in [-0.3, -0.25) is 28.8 Å². The second-order valence-electron chi connectivity index (χ2n) is 14.4. The van der Waals surface area contributed by atoms with E-state index in [1.54, 1.807) is 48.5 Å². The van der Waals surface area contributed by atoms with Gasteiger partial charge in [0.2, 0.25) is 12.1 Å². The predicted molar refractivity (Wildman–Crippen MR) is 255 cm³/mol. The average molecular weight is 977 g/mol. The van der Waals surface area contributed by atoms with Crippen molar-refractivity contribution in [2.45, 2.75) is 50.5 Å². The highest BCUT2D eigenvalue weighted by atomic mass is 35.5. The predicted octanol–water partition coefficient (Wildman–Crippen LogP) is 11.5. The van der Waals surface area contributed by atoms with E-state index >= 15 is 0 Å². The van der Waals surface area contributed by atoms with E-state index in [2.05, 4.69) is 41.7 Å². The lowest BCUT2D eigenvalue weighted by Crippen LogP contribution is -2.32. The van der Waals surface area contributed by atoms with Crippen LogP contribution in [0.2, 0.25) is 10.0 Å². The van der Waals surface area contributed by atoms with E-state index in [0.717, 1.165) is 25.0 Å². The number of ether oxygens (including phenoxy) is 2. The van der Waals surface area contributed by atoms with E-state index in [9.17, 15) is 28.8 Å². The van der Waals surface area contributed by atoms with Crippen molar-refractivity contribution in [2.24, 2.45) is 20.5 Å². The van der Waals surface area contributed by atoms with Gasteiger partial charge in [-0.25, -0.2) is 0 Å². The van der Waals surface area contributed by atoms with Gasteiger partial charge >= 0.3 is 0 Å². The molecule has 0 bridgehead atoms. The first-order chi connectivity index (χ1) is 31.4. The summed E-state index contributed by atoms with van der Waals surface area (Å²) in [6.07, 6.45) is 0. The molecular formula is C46H42Cl4N8O8. The van der Waals surface area contributed by atoms with Gasteiger partial charge in [0.15, 0.2) is 23.1 Å². The van der Waals surface area contributed by atoms with Gasteiger partial charge in [0.25, 0.3) is 23.6 Å². The van der Waals surface area contributed by atoms with Crippen LogP contribution in [0.4, 0.5) is 34.1 Å². The van der Waals surface area contributed by atoms with Crippen molar-refractivity contribution in [1.82, 2.24) is 0 Å². The molecule has 0 spiro atoms. The van der Waals surface area contributed by atoms with Crippen LogP contribution in [0.15, 0.2) is 118 Å². The summed E-state index contributed by atoms with van der Waals surface area (Å²) in [6.45, 7) is 5.93. The maximum atomic E-state index is 13.5. The summed E-state index contributed by atoms with van der Waals surface area (Å²) in [4.78, 5) is 78.6. The number of azo groups is 2. The number of methoxy groups -OCH3 is 2. The number of alkyl halides is 2. The van der Waals surface area contributed by atoms with Crippen LogP contribution in [0.5, 0.6) is 11.5 Å². The van der Waals surface area contributed by atoms with Crippen molar-refractivity contribution in [3.05, 3.63) is 129 Å². The Kier molecular flexibility index (Phi) is 17.5. The van der Waals surface area contributed by atoms with E-state index in [1.807, 2.05) is 13.8 Å². The molecule has 0 heterocycles. The van der Waals surface area contributed by atoms with E-state index in [0.29, 0.717) is 11.4 Å². The molecule has 66 heavy (non-hydrogen) atoms. The number of nitrogens with zero attached hydrogens (tertiary/aromatic N) is 4. The number of halogens is 4. The van der Waals surface area contributed by atoms with Crippen LogP contribution >= 0.6 is 46.4 Å². The average Bonchev–Trinajstić information content (AvgIpc) is 3.27. The standard InChI is InChI=1S/C46H42Cl4N8O8/c1-23(47)27-7-13-31(14-8-27)51-43(61)29-11-17-33(49)37(21-29)55-57-39(25(3)59)45(63)53-35-19-20-36(42(66-6)41(35)65-5)54-46(64)40(26(4)60)58-56-38-22-30(12-18-34(38)50)44(62)52-32-15-9-28(10-16-32)24(2)48/h7-24,39-40H,1-6H3,(H,51,61)(H,52,62)(H,53,63)(H,54,64). The Bertz CT molecular complexity index is 2530. The SMILES string of the molecule is COc1c(NC(=O)C(N=Nc2cc(C(=O)Nc3ccc(C(C)Cl)cc3)ccc2Cl)C(C)=O)ccc(NC(=O)C(N=Nc2cc(C(=O)Nc3ccc(C(C)Cl)cc3)ccc2Cl)C(C)=O)c1OC. The highest BCUT2D eigenvalue weighted by Crippen LogP contribution is 2.42. The van der Waals surface area contributed by atoms with Gasteiger partial charge in [0, 0.05) is 22.5 Å². The molecule has 4 amide bonds. The number of anilines is 4. The first-order valence-electron chi connectivity index (χ1n) is 19.8. The lowest BCUT2D eigenvalue weighted by atomic mass is 10.1. The minimum atomic E-state index is -1.68. The third kappa shape index (κ3) is 13.0. The summed E-state index contributed by atoms with van der Waals surface area (Å²) in [5.41, 5.74) is 3.18. The minimum absolute atomic E-state index is 0.00674. The van der Waals surface area contributed by atoms with Gasteiger partial charge in [-0.05, 0) is 112 Å². The van der Waals surface area contributed by atoms with E-state index in [-0.39, 0.29) is 66.2 Å². The van der Waals surface area contributed by atoms with E-state index in [4.69, 9.17) is 55.9 Å². The molecule has 5 aromatic carbocycles. The van der Waals surface area contributed by atoms with Crippen LogP contribution in [0.25, 0.3) is 0 Å². The van der Waals surface area contributed by atoms with Crippen LogP contribution in [-0.2, 0) is 19.2 Å². The number of hydrogen-bond donors (Lipinski definition) is 4. The smallest absolute Gasteiger partial charge is 0.258 e. The molecule has 0 aromatic heterocycles. The maximum absolute atomic E-state index is 13.5. The van der Waals surface area contributed by atoms with Gasteiger partial charge in [0.05, 0.1) is 46.4 Å². The van der Waals surface area contributed by atoms with Crippen LogP contribution in [-0.4, -0.2) is 61.5 Å². The Morgan fingerprint density at radius 1 is 0.515 bits per heavy atom. The van der Waals surface area contributed by atoms with Gasteiger partial charge in [0.1, 0.15) is 11.4 Å². The van der Waals surface area contributed by atoms with Crippen molar-refractivity contribution >= 4 is 116 Å². The monoisotopic (exact) mass is 974 g/mol. The molecule has 0 aliphatic heterocycles. The molecule has 0 saturated heterocycles. The molecule has 0 fully saturated rings. The summed E-state index contributed by atoms with van der Waals surface area (Å²) in [5, 5.41) is 26.4. The minimum Gasteiger partial charge on any atom is -0.491 e. The third-order valence-corrected chi connectivity index (χ3v) is 10.7. The Labute approximate surface area is 399 Å². The van der Waals surface area contributed by atoms with Crippen molar-refractivity contribution in [3.8, 4) is 11.5 Å². The topological polar surface area (TPSA) is 218 Å². The Morgan fingerprint density at radius 3 is 1.17 bits per heavy atom. The zero-order valence-electron chi connectivity index (χ0n) is 36.1. The number of benzene rings is 5. The van der Waals surface area contributed by atoms with Crippen molar-refractivity contribution in [3.63, 3.8) is 0 Å². The number of carbonyl (C=O) groups is 6. The fraction of sp³-hybridized carbons (Fsp3) is 0.217. The van der Waals surface area contributed by atoms with Crippen LogP contribution in [0.3, 0.4) is 0 Å². The highest BCUT2D eigenvalue weighted by Gasteiger charge is 2.29.